The number of nitrogens with one attached hydrogen (secondary N) is 2. The second kappa shape index (κ2) is 7.98. The van der Waals surface area contributed by atoms with E-state index in [1.54, 1.807) is 31.0 Å². The molecule has 0 aromatic carbocycles. The number of aryl methyl sites for hydroxylation is 1. The third-order valence-corrected chi connectivity index (χ3v) is 4.46. The molecule has 0 saturated carbocycles. The Hall–Kier alpha value is -1.60. The van der Waals surface area contributed by atoms with E-state index < -0.39 is 5.60 Å². The smallest absolute Gasteiger partial charge is 0.314 e. The molecule has 2 atom stereocenters. The molecule has 2 amide bonds. The van der Waals surface area contributed by atoms with E-state index in [4.69, 9.17) is 0 Å². The van der Waals surface area contributed by atoms with Gasteiger partial charge in [0.1, 0.15) is 5.60 Å². The Morgan fingerprint density at radius 1 is 1.50 bits per heavy atom. The van der Waals surface area contributed by atoms with Crippen LogP contribution in [0.25, 0.3) is 0 Å². The molecule has 2 rings (SSSR count). The van der Waals surface area contributed by atoms with E-state index in [0.717, 1.165) is 26.1 Å². The lowest BCUT2D eigenvalue weighted by molar-refractivity contribution is 0.0593. The van der Waals surface area contributed by atoms with Crippen LogP contribution >= 0.6 is 0 Å². The van der Waals surface area contributed by atoms with Gasteiger partial charge in [-0.05, 0) is 31.7 Å². The molecule has 7 heteroatoms. The van der Waals surface area contributed by atoms with Crippen LogP contribution in [0.5, 0.6) is 0 Å². The number of carbonyl (C=O) groups is 1. The van der Waals surface area contributed by atoms with Crippen LogP contribution in [0.3, 0.4) is 0 Å². The molecule has 0 radical (unpaired) electrons. The van der Waals surface area contributed by atoms with Crippen molar-refractivity contribution < 1.29 is 9.90 Å². The van der Waals surface area contributed by atoms with Crippen LogP contribution < -0.4 is 10.6 Å². The SMILES string of the molecule is CC(C)CN1CCC(CNC(=O)NCC(C)(O)c2cnn(C)c2)C1. The number of hydrogen-bond donors (Lipinski definition) is 3. The molecular formula is C17H31N5O2. The summed E-state index contributed by atoms with van der Waals surface area (Å²) in [6.07, 6.45) is 4.49. The van der Waals surface area contributed by atoms with Gasteiger partial charge in [0.15, 0.2) is 0 Å². The topological polar surface area (TPSA) is 82.4 Å². The van der Waals surface area contributed by atoms with Crippen molar-refractivity contribution in [3.05, 3.63) is 18.0 Å². The first kappa shape index (κ1) is 18.7. The molecule has 1 aromatic rings. The lowest BCUT2D eigenvalue weighted by Gasteiger charge is -2.22. The Balaban J connectivity index is 1.68. The zero-order valence-corrected chi connectivity index (χ0v) is 15.2. The summed E-state index contributed by atoms with van der Waals surface area (Å²) in [6, 6.07) is -0.235. The maximum absolute atomic E-state index is 12.0. The van der Waals surface area contributed by atoms with Gasteiger partial charge in [-0.2, -0.15) is 5.10 Å². The molecule has 7 nitrogen and oxygen atoms in total. The lowest BCUT2D eigenvalue weighted by atomic mass is 10.00. The monoisotopic (exact) mass is 337 g/mol. The standard InChI is InChI=1S/C17H31N5O2/c1-13(2)9-22-6-5-14(10-22)7-18-16(23)19-12-17(3,24)15-8-20-21(4)11-15/h8,11,13-14,24H,5-7,9-10,12H2,1-4H3,(H2,18,19,23). The maximum Gasteiger partial charge on any atom is 0.314 e. The molecule has 1 saturated heterocycles. The van der Waals surface area contributed by atoms with E-state index in [0.29, 0.717) is 23.9 Å². The average molecular weight is 337 g/mol. The maximum atomic E-state index is 12.0. The molecule has 0 aliphatic carbocycles. The van der Waals surface area contributed by atoms with Gasteiger partial charge in [-0.25, -0.2) is 4.79 Å². The molecule has 2 heterocycles. The first-order chi connectivity index (χ1) is 11.3. The summed E-state index contributed by atoms with van der Waals surface area (Å²) in [5.41, 5.74) is -0.446. The molecule has 2 unspecified atom stereocenters. The number of rotatable bonds is 7. The minimum absolute atomic E-state index is 0.147. The lowest BCUT2D eigenvalue weighted by Crippen LogP contribution is -2.44. The van der Waals surface area contributed by atoms with Crippen molar-refractivity contribution >= 4 is 6.03 Å². The van der Waals surface area contributed by atoms with Gasteiger partial charge < -0.3 is 20.6 Å². The van der Waals surface area contributed by atoms with E-state index in [2.05, 4.69) is 34.5 Å². The Morgan fingerprint density at radius 2 is 2.25 bits per heavy atom. The Morgan fingerprint density at radius 3 is 2.88 bits per heavy atom. The van der Waals surface area contributed by atoms with Gasteiger partial charge in [0.05, 0.1) is 12.7 Å². The molecule has 1 aromatic heterocycles. The average Bonchev–Trinajstić information content (AvgIpc) is 3.12. The van der Waals surface area contributed by atoms with E-state index in [1.165, 1.54) is 0 Å². The van der Waals surface area contributed by atoms with Gasteiger partial charge in [-0.3, -0.25) is 4.68 Å². The predicted octanol–water partition coefficient (Wildman–Crippen LogP) is 0.905. The van der Waals surface area contributed by atoms with Crippen molar-refractivity contribution in [3.8, 4) is 0 Å². The van der Waals surface area contributed by atoms with Gasteiger partial charge >= 0.3 is 6.03 Å². The van der Waals surface area contributed by atoms with Crippen LogP contribution in [0.4, 0.5) is 4.79 Å². The number of amides is 2. The van der Waals surface area contributed by atoms with Crippen molar-refractivity contribution in [2.24, 2.45) is 18.9 Å². The van der Waals surface area contributed by atoms with Gasteiger partial charge in [-0.1, -0.05) is 13.8 Å². The Bertz CT molecular complexity index is 541. The number of aliphatic hydroxyl groups is 1. The fourth-order valence-corrected chi connectivity index (χ4v) is 3.12. The highest BCUT2D eigenvalue weighted by Gasteiger charge is 2.26. The Kier molecular flexibility index (Phi) is 6.23. The summed E-state index contributed by atoms with van der Waals surface area (Å²) in [7, 11) is 1.80. The fourth-order valence-electron chi connectivity index (χ4n) is 3.12. The molecule has 136 valence electrons. The highest BCUT2D eigenvalue weighted by atomic mass is 16.3. The third kappa shape index (κ3) is 5.49. The molecule has 24 heavy (non-hydrogen) atoms. The van der Waals surface area contributed by atoms with Crippen LogP contribution in [0.1, 0.15) is 32.8 Å². The van der Waals surface area contributed by atoms with Crippen molar-refractivity contribution in [2.45, 2.75) is 32.8 Å². The number of carbonyl (C=O) groups excluding carboxylic acids is 1. The van der Waals surface area contributed by atoms with E-state index in [9.17, 15) is 9.90 Å². The molecule has 0 spiro atoms. The highest BCUT2D eigenvalue weighted by Crippen LogP contribution is 2.18. The van der Waals surface area contributed by atoms with Crippen molar-refractivity contribution in [3.63, 3.8) is 0 Å². The van der Waals surface area contributed by atoms with Crippen molar-refractivity contribution in [2.75, 3.05) is 32.7 Å². The van der Waals surface area contributed by atoms with Gasteiger partial charge in [-0.15, -0.1) is 0 Å². The van der Waals surface area contributed by atoms with E-state index in [-0.39, 0.29) is 12.6 Å². The molecule has 1 aliphatic rings. The highest BCUT2D eigenvalue weighted by molar-refractivity contribution is 5.73. The minimum atomic E-state index is -1.13. The normalized spacial score (nSPS) is 21.0. The quantitative estimate of drug-likeness (QED) is 0.690. The number of urea groups is 1. The zero-order valence-electron chi connectivity index (χ0n) is 15.2. The zero-order chi connectivity index (χ0) is 17.7. The summed E-state index contributed by atoms with van der Waals surface area (Å²) in [4.78, 5) is 14.4. The first-order valence-corrected chi connectivity index (χ1v) is 8.72. The summed E-state index contributed by atoms with van der Waals surface area (Å²) >= 11 is 0. The van der Waals surface area contributed by atoms with Gasteiger partial charge in [0.2, 0.25) is 0 Å². The summed E-state index contributed by atoms with van der Waals surface area (Å²) in [5.74, 6) is 1.18. The van der Waals surface area contributed by atoms with Crippen molar-refractivity contribution in [1.29, 1.82) is 0 Å². The number of aromatic nitrogens is 2. The van der Waals surface area contributed by atoms with Crippen LogP contribution in [-0.4, -0.2) is 58.5 Å². The molecule has 3 N–H and O–H groups in total. The van der Waals surface area contributed by atoms with Crippen LogP contribution in [0.15, 0.2) is 12.4 Å². The molecule has 1 fully saturated rings. The van der Waals surface area contributed by atoms with Crippen LogP contribution in [0, 0.1) is 11.8 Å². The fraction of sp³-hybridized carbons (Fsp3) is 0.765. The molecule has 0 bridgehead atoms. The number of hydrogen-bond acceptors (Lipinski definition) is 4. The molecule has 1 aliphatic heterocycles. The summed E-state index contributed by atoms with van der Waals surface area (Å²) in [5, 5.41) is 20.2. The van der Waals surface area contributed by atoms with Crippen LogP contribution in [-0.2, 0) is 12.6 Å². The first-order valence-electron chi connectivity index (χ1n) is 8.72. The second-order valence-electron chi connectivity index (χ2n) is 7.55. The summed E-state index contributed by atoms with van der Waals surface area (Å²) in [6.45, 7) is 10.2. The largest absolute Gasteiger partial charge is 0.383 e. The predicted molar refractivity (Wildman–Crippen MR) is 93.6 cm³/mol. The summed E-state index contributed by atoms with van der Waals surface area (Å²) < 4.78 is 1.63. The van der Waals surface area contributed by atoms with E-state index >= 15 is 0 Å². The number of nitrogens with zero attached hydrogens (tertiary/aromatic N) is 3. The second-order valence-corrected chi connectivity index (χ2v) is 7.55. The minimum Gasteiger partial charge on any atom is -0.383 e. The van der Waals surface area contributed by atoms with Crippen molar-refractivity contribution in [1.82, 2.24) is 25.3 Å². The van der Waals surface area contributed by atoms with Gasteiger partial charge in [0, 0.05) is 38.4 Å². The molecular weight excluding hydrogens is 306 g/mol. The van der Waals surface area contributed by atoms with Gasteiger partial charge in [0.25, 0.3) is 0 Å². The number of likely N-dealkylation sites (tertiary alicyclic amines) is 1. The van der Waals surface area contributed by atoms with Crippen LogP contribution in [0.2, 0.25) is 0 Å². The van der Waals surface area contributed by atoms with E-state index in [1.807, 2.05) is 0 Å². The third-order valence-electron chi connectivity index (χ3n) is 4.46. The Labute approximate surface area is 144 Å².